The molecule has 2 saturated carbocycles. The van der Waals surface area contributed by atoms with Crippen LogP contribution in [0.25, 0.3) is 0 Å². The molecule has 2 unspecified atom stereocenters. The molecule has 0 bridgehead atoms. The van der Waals surface area contributed by atoms with Crippen molar-refractivity contribution in [1.29, 1.82) is 0 Å². The Morgan fingerprint density at radius 2 is 1.82 bits per heavy atom. The van der Waals surface area contributed by atoms with Gasteiger partial charge in [0, 0.05) is 39.1 Å². The number of hydrogen-bond acceptors (Lipinski definition) is 5. The first kappa shape index (κ1) is 25.3. The number of nitrogens with zero attached hydrogens (tertiary/aromatic N) is 2. The van der Waals surface area contributed by atoms with Crippen LogP contribution in [-0.4, -0.2) is 75.8 Å². The molecule has 4 rings (SSSR count). The molecule has 10 heteroatoms. The second-order valence-corrected chi connectivity index (χ2v) is 11.9. The highest BCUT2D eigenvalue weighted by Crippen LogP contribution is 2.35. The van der Waals surface area contributed by atoms with Crippen LogP contribution in [0.4, 0.5) is 9.18 Å². The van der Waals surface area contributed by atoms with Gasteiger partial charge in [0.25, 0.3) is 10.2 Å². The smallest absolute Gasteiger partial charge is 0.410 e. The van der Waals surface area contributed by atoms with Gasteiger partial charge in [0.15, 0.2) is 0 Å². The van der Waals surface area contributed by atoms with Crippen LogP contribution in [0.15, 0.2) is 24.3 Å². The van der Waals surface area contributed by atoms with Crippen molar-refractivity contribution in [3.8, 4) is 0 Å². The number of nitrogens with one attached hydrogen (secondary N) is 1. The zero-order chi connectivity index (χ0) is 24.3. The largest absolute Gasteiger partial charge is 0.446 e. The van der Waals surface area contributed by atoms with E-state index in [1.165, 1.54) is 20.2 Å². The summed E-state index contributed by atoms with van der Waals surface area (Å²) < 4.78 is 54.1. The first-order valence-corrected chi connectivity index (χ1v) is 13.7. The maximum absolute atomic E-state index is 13.6. The van der Waals surface area contributed by atoms with Crippen molar-refractivity contribution in [2.75, 3.05) is 33.8 Å². The fourth-order valence-corrected chi connectivity index (χ4v) is 5.71. The molecule has 1 aromatic rings. The number of rotatable bonds is 8. The van der Waals surface area contributed by atoms with Gasteiger partial charge >= 0.3 is 6.09 Å². The topological polar surface area (TPSA) is 88.2 Å². The van der Waals surface area contributed by atoms with Crippen LogP contribution in [0, 0.1) is 11.7 Å². The number of carbonyl (C=O) groups is 1. The van der Waals surface area contributed by atoms with E-state index in [9.17, 15) is 17.6 Å². The average Bonchev–Trinajstić information content (AvgIpc) is 3.62. The second kappa shape index (κ2) is 10.9. The Bertz CT molecular complexity index is 948. The van der Waals surface area contributed by atoms with E-state index in [-0.39, 0.29) is 36.1 Å². The molecule has 2 atom stereocenters. The van der Waals surface area contributed by atoms with Crippen molar-refractivity contribution in [2.45, 2.75) is 69.1 Å². The number of ether oxygens (including phenoxy) is 2. The van der Waals surface area contributed by atoms with Crippen molar-refractivity contribution in [3.63, 3.8) is 0 Å². The summed E-state index contributed by atoms with van der Waals surface area (Å²) in [5, 5.41) is 0. The highest BCUT2D eigenvalue weighted by molar-refractivity contribution is 7.87. The standard InChI is InChI=1S/C24H36FN3O5S/c1-27(2)34(30,31)26-23-12-13-28(24(29)33-22-10-11-22)15-19(23)16-32-21-8-6-17(7-9-21)18-4-3-5-20(25)14-18/h3-5,14,17,19,21-23,26H,6-13,15-16H2,1-2H3/t17-,19?,21+,23?. The number of carbonyl (C=O) groups excluding carboxylic acids is 1. The lowest BCUT2D eigenvalue weighted by Crippen LogP contribution is -2.55. The van der Waals surface area contributed by atoms with E-state index in [0.29, 0.717) is 32.0 Å². The van der Waals surface area contributed by atoms with Gasteiger partial charge in [0.1, 0.15) is 11.9 Å². The molecule has 3 aliphatic rings. The van der Waals surface area contributed by atoms with E-state index in [4.69, 9.17) is 9.47 Å². The molecule has 1 amide bonds. The van der Waals surface area contributed by atoms with Crippen molar-refractivity contribution in [1.82, 2.24) is 13.9 Å². The molecule has 0 aromatic heterocycles. The minimum Gasteiger partial charge on any atom is -0.446 e. The zero-order valence-electron chi connectivity index (χ0n) is 20.0. The number of amides is 1. The van der Waals surface area contributed by atoms with Gasteiger partial charge in [-0.3, -0.25) is 0 Å². The van der Waals surface area contributed by atoms with Crippen LogP contribution < -0.4 is 4.72 Å². The summed E-state index contributed by atoms with van der Waals surface area (Å²) in [5.41, 5.74) is 1.04. The normalized spacial score (nSPS) is 28.2. The van der Waals surface area contributed by atoms with E-state index in [1.54, 1.807) is 17.0 Å². The number of likely N-dealkylation sites (tertiary alicyclic amines) is 1. The summed E-state index contributed by atoms with van der Waals surface area (Å²) in [5.74, 6) is -0.0436. The van der Waals surface area contributed by atoms with Crippen LogP contribution >= 0.6 is 0 Å². The Balaban J connectivity index is 1.33. The summed E-state index contributed by atoms with van der Waals surface area (Å²) in [6.07, 6.45) is 5.70. The molecule has 3 fully saturated rings. The zero-order valence-corrected chi connectivity index (χ0v) is 20.8. The van der Waals surface area contributed by atoms with Crippen LogP contribution in [0.2, 0.25) is 0 Å². The van der Waals surface area contributed by atoms with Gasteiger partial charge in [0.05, 0.1) is 12.7 Å². The van der Waals surface area contributed by atoms with Gasteiger partial charge < -0.3 is 14.4 Å². The lowest BCUT2D eigenvalue weighted by molar-refractivity contribution is -0.0173. The molecule has 1 saturated heterocycles. The third-order valence-corrected chi connectivity index (χ3v) is 8.67. The maximum atomic E-state index is 13.6. The summed E-state index contributed by atoms with van der Waals surface area (Å²) in [6.45, 7) is 1.20. The Labute approximate surface area is 202 Å². The molecular weight excluding hydrogens is 461 g/mol. The third-order valence-electron chi connectivity index (χ3n) is 7.11. The van der Waals surface area contributed by atoms with E-state index in [1.807, 2.05) is 6.07 Å². The van der Waals surface area contributed by atoms with Gasteiger partial charge in [-0.15, -0.1) is 0 Å². The number of benzene rings is 1. The Morgan fingerprint density at radius 1 is 1.12 bits per heavy atom. The van der Waals surface area contributed by atoms with Gasteiger partial charge in [-0.1, -0.05) is 12.1 Å². The molecule has 0 radical (unpaired) electrons. The number of hydrogen-bond donors (Lipinski definition) is 1. The highest BCUT2D eigenvalue weighted by atomic mass is 32.2. The van der Waals surface area contributed by atoms with Crippen molar-refractivity contribution >= 4 is 16.3 Å². The Hall–Kier alpha value is -1.75. The SMILES string of the molecule is CN(C)S(=O)(=O)NC1CCN(C(=O)OC2CC2)CC1CO[C@H]1CC[C@@H](c2cccc(F)c2)CC1. The average molecular weight is 498 g/mol. The van der Waals surface area contributed by atoms with E-state index < -0.39 is 10.2 Å². The van der Waals surface area contributed by atoms with Gasteiger partial charge in [0.2, 0.25) is 0 Å². The molecule has 34 heavy (non-hydrogen) atoms. The number of halogens is 1. The predicted molar refractivity (Wildman–Crippen MR) is 126 cm³/mol. The minimum absolute atomic E-state index is 0.0282. The van der Waals surface area contributed by atoms with Gasteiger partial charge in [-0.25, -0.2) is 9.18 Å². The lowest BCUT2D eigenvalue weighted by atomic mass is 9.82. The second-order valence-electron chi connectivity index (χ2n) is 9.95. The fourth-order valence-electron chi connectivity index (χ4n) is 4.80. The molecule has 2 aliphatic carbocycles. The van der Waals surface area contributed by atoms with E-state index in [2.05, 4.69) is 4.72 Å². The van der Waals surface area contributed by atoms with Crippen molar-refractivity contribution < 1.29 is 27.1 Å². The summed E-state index contributed by atoms with van der Waals surface area (Å²) in [6, 6.07) is 6.50. The highest BCUT2D eigenvalue weighted by Gasteiger charge is 2.37. The maximum Gasteiger partial charge on any atom is 0.410 e. The molecule has 1 N–H and O–H groups in total. The molecule has 1 heterocycles. The Morgan fingerprint density at radius 3 is 2.47 bits per heavy atom. The molecule has 0 spiro atoms. The third kappa shape index (κ3) is 6.68. The summed E-state index contributed by atoms with van der Waals surface area (Å²) in [7, 11) is -0.613. The molecule has 190 valence electrons. The van der Waals surface area contributed by atoms with Crippen LogP contribution in [0.3, 0.4) is 0 Å². The summed E-state index contributed by atoms with van der Waals surface area (Å²) in [4.78, 5) is 14.2. The predicted octanol–water partition coefficient (Wildman–Crippen LogP) is 3.25. The minimum atomic E-state index is -3.60. The van der Waals surface area contributed by atoms with E-state index >= 15 is 0 Å². The van der Waals surface area contributed by atoms with Crippen LogP contribution in [0.5, 0.6) is 0 Å². The first-order valence-electron chi connectivity index (χ1n) is 12.2. The van der Waals surface area contributed by atoms with Gasteiger partial charge in [-0.05, 0) is 68.6 Å². The quantitative estimate of drug-likeness (QED) is 0.596. The first-order chi connectivity index (χ1) is 16.2. The van der Waals surface area contributed by atoms with Gasteiger partial charge in [-0.2, -0.15) is 17.4 Å². The molecule has 1 aliphatic heterocycles. The Kier molecular flexibility index (Phi) is 8.12. The lowest BCUT2D eigenvalue weighted by Gasteiger charge is -2.39. The number of piperidine rings is 1. The molecule has 1 aromatic carbocycles. The van der Waals surface area contributed by atoms with Crippen LogP contribution in [-0.2, 0) is 19.7 Å². The summed E-state index contributed by atoms with van der Waals surface area (Å²) >= 11 is 0. The van der Waals surface area contributed by atoms with Crippen molar-refractivity contribution in [2.24, 2.45) is 5.92 Å². The monoisotopic (exact) mass is 497 g/mol. The van der Waals surface area contributed by atoms with Crippen LogP contribution in [0.1, 0.15) is 56.4 Å². The fraction of sp³-hybridized carbons (Fsp3) is 0.708. The van der Waals surface area contributed by atoms with E-state index in [0.717, 1.165) is 48.4 Å². The van der Waals surface area contributed by atoms with Crippen molar-refractivity contribution in [3.05, 3.63) is 35.6 Å². The molecular formula is C24H36FN3O5S. The molecule has 8 nitrogen and oxygen atoms in total.